The molecule has 0 amide bonds. The molecule has 0 saturated heterocycles. The molecule has 0 aliphatic heterocycles. The molecule has 0 saturated carbocycles. The maximum atomic E-state index is 11.8. The van der Waals surface area contributed by atoms with Crippen molar-refractivity contribution in [3.05, 3.63) is 28.8 Å². The van der Waals surface area contributed by atoms with Gasteiger partial charge in [-0.05, 0) is 26.1 Å². The summed E-state index contributed by atoms with van der Waals surface area (Å²) in [5.74, 6) is 0.186. The molecule has 0 radical (unpaired) electrons. The van der Waals surface area contributed by atoms with Crippen LogP contribution in [0, 0.1) is 0 Å². The van der Waals surface area contributed by atoms with Crippen LogP contribution in [-0.2, 0) is 9.53 Å². The van der Waals surface area contributed by atoms with Crippen molar-refractivity contribution >= 4 is 17.6 Å². The summed E-state index contributed by atoms with van der Waals surface area (Å²) in [4.78, 5) is 11.8. The van der Waals surface area contributed by atoms with Crippen molar-refractivity contribution in [2.24, 2.45) is 0 Å². The summed E-state index contributed by atoms with van der Waals surface area (Å²) in [7, 11) is 3.21. The number of halogens is 1. The van der Waals surface area contributed by atoms with E-state index in [-0.39, 0.29) is 5.97 Å². The number of carbonyl (C=O) groups is 1. The summed E-state index contributed by atoms with van der Waals surface area (Å²) in [6, 6.07) is 4.61. The topological polar surface area (TPSA) is 47.6 Å². The van der Waals surface area contributed by atoms with Crippen LogP contribution in [0.4, 0.5) is 0 Å². The summed E-state index contributed by atoms with van der Waals surface area (Å²) in [5, 5.41) is 3.35. The van der Waals surface area contributed by atoms with Gasteiger partial charge in [0.05, 0.1) is 13.7 Å². The molecule has 0 bridgehead atoms. The standard InChI is InChI=1S/C12H16ClNO3/c1-4-17-12(15)11(14-2)10-8(13)6-5-7-9(10)16-3/h5-7,11,14H,4H2,1-3H3. The normalized spacial score (nSPS) is 12.0. The minimum atomic E-state index is -0.626. The van der Waals surface area contributed by atoms with E-state index < -0.39 is 6.04 Å². The number of ether oxygens (including phenoxy) is 2. The van der Waals surface area contributed by atoms with Crippen LogP contribution in [0.15, 0.2) is 18.2 Å². The molecule has 0 aliphatic rings. The molecule has 17 heavy (non-hydrogen) atoms. The van der Waals surface area contributed by atoms with Crippen molar-refractivity contribution in [3.63, 3.8) is 0 Å². The Balaban J connectivity index is 3.14. The largest absolute Gasteiger partial charge is 0.496 e. The van der Waals surface area contributed by atoms with E-state index in [4.69, 9.17) is 21.1 Å². The van der Waals surface area contributed by atoms with Crippen LogP contribution in [0.25, 0.3) is 0 Å². The fourth-order valence-electron chi connectivity index (χ4n) is 1.58. The van der Waals surface area contributed by atoms with Crippen LogP contribution < -0.4 is 10.1 Å². The van der Waals surface area contributed by atoms with E-state index in [1.54, 1.807) is 32.2 Å². The van der Waals surface area contributed by atoms with E-state index in [2.05, 4.69) is 5.32 Å². The second-order valence-corrected chi connectivity index (χ2v) is 3.74. The van der Waals surface area contributed by atoms with Crippen LogP contribution in [0.2, 0.25) is 5.02 Å². The number of benzene rings is 1. The molecule has 1 aromatic rings. The summed E-state index contributed by atoms with van der Waals surface area (Å²) in [6.07, 6.45) is 0. The molecular formula is C12H16ClNO3. The van der Waals surface area contributed by atoms with Gasteiger partial charge in [0.1, 0.15) is 11.8 Å². The average molecular weight is 258 g/mol. The Morgan fingerprint density at radius 3 is 2.76 bits per heavy atom. The van der Waals surface area contributed by atoms with Gasteiger partial charge >= 0.3 is 5.97 Å². The van der Waals surface area contributed by atoms with Crippen molar-refractivity contribution in [1.29, 1.82) is 0 Å². The van der Waals surface area contributed by atoms with Gasteiger partial charge in [0.2, 0.25) is 0 Å². The molecule has 0 aliphatic carbocycles. The van der Waals surface area contributed by atoms with Crippen molar-refractivity contribution in [2.45, 2.75) is 13.0 Å². The molecule has 1 rings (SSSR count). The quantitative estimate of drug-likeness (QED) is 0.822. The van der Waals surface area contributed by atoms with Gasteiger partial charge in [-0.25, -0.2) is 4.79 Å². The highest BCUT2D eigenvalue weighted by atomic mass is 35.5. The molecule has 1 aromatic carbocycles. The van der Waals surface area contributed by atoms with Crippen LogP contribution >= 0.6 is 11.6 Å². The van der Waals surface area contributed by atoms with Crippen LogP contribution in [0.1, 0.15) is 18.5 Å². The van der Waals surface area contributed by atoms with Gasteiger partial charge in [0.25, 0.3) is 0 Å². The predicted molar refractivity (Wildman–Crippen MR) is 66.4 cm³/mol. The second-order valence-electron chi connectivity index (χ2n) is 3.33. The zero-order chi connectivity index (χ0) is 12.8. The number of hydrogen-bond acceptors (Lipinski definition) is 4. The first-order chi connectivity index (χ1) is 8.15. The number of carbonyl (C=O) groups excluding carboxylic acids is 1. The minimum Gasteiger partial charge on any atom is -0.496 e. The Labute approximate surface area is 106 Å². The van der Waals surface area contributed by atoms with Gasteiger partial charge in [-0.2, -0.15) is 0 Å². The highest BCUT2D eigenvalue weighted by molar-refractivity contribution is 6.31. The lowest BCUT2D eigenvalue weighted by molar-refractivity contribution is -0.145. The Morgan fingerprint density at radius 2 is 2.24 bits per heavy atom. The lowest BCUT2D eigenvalue weighted by atomic mass is 10.1. The van der Waals surface area contributed by atoms with E-state index in [0.717, 1.165) is 0 Å². The third-order valence-corrected chi connectivity index (χ3v) is 2.66. The zero-order valence-electron chi connectivity index (χ0n) is 10.1. The predicted octanol–water partition coefficient (Wildman–Crippen LogP) is 2.17. The zero-order valence-corrected chi connectivity index (χ0v) is 10.9. The maximum absolute atomic E-state index is 11.8. The van der Waals surface area contributed by atoms with Crippen molar-refractivity contribution in [3.8, 4) is 5.75 Å². The fraction of sp³-hybridized carbons (Fsp3) is 0.417. The molecule has 0 spiro atoms. The number of likely N-dealkylation sites (N-methyl/N-ethyl adjacent to an activating group) is 1. The van der Waals surface area contributed by atoms with Gasteiger partial charge in [-0.1, -0.05) is 17.7 Å². The van der Waals surface area contributed by atoms with E-state index >= 15 is 0 Å². The van der Waals surface area contributed by atoms with E-state index in [1.165, 1.54) is 7.11 Å². The average Bonchev–Trinajstić information content (AvgIpc) is 2.32. The molecule has 0 heterocycles. The van der Waals surface area contributed by atoms with Crippen molar-refractivity contribution < 1.29 is 14.3 Å². The molecule has 0 fully saturated rings. The number of hydrogen-bond donors (Lipinski definition) is 1. The minimum absolute atomic E-state index is 0.323. The number of methoxy groups -OCH3 is 1. The Hall–Kier alpha value is -1.26. The van der Waals surface area contributed by atoms with Gasteiger partial charge in [-0.3, -0.25) is 0 Å². The molecule has 5 heteroatoms. The second kappa shape index (κ2) is 6.47. The molecule has 1 atom stereocenters. The monoisotopic (exact) mass is 257 g/mol. The molecule has 94 valence electrons. The summed E-state index contributed by atoms with van der Waals surface area (Å²) in [6.45, 7) is 2.08. The lowest BCUT2D eigenvalue weighted by Crippen LogP contribution is -2.28. The molecule has 0 aromatic heterocycles. The maximum Gasteiger partial charge on any atom is 0.327 e. The van der Waals surface area contributed by atoms with Gasteiger partial charge in [-0.15, -0.1) is 0 Å². The third kappa shape index (κ3) is 3.11. The van der Waals surface area contributed by atoms with E-state index in [0.29, 0.717) is 22.9 Å². The number of rotatable bonds is 5. The highest BCUT2D eigenvalue weighted by Gasteiger charge is 2.25. The van der Waals surface area contributed by atoms with Crippen molar-refractivity contribution in [2.75, 3.05) is 20.8 Å². The third-order valence-electron chi connectivity index (χ3n) is 2.33. The van der Waals surface area contributed by atoms with Crippen LogP contribution in [0.3, 0.4) is 0 Å². The van der Waals surface area contributed by atoms with Gasteiger partial charge in [0.15, 0.2) is 0 Å². The summed E-state index contributed by atoms with van der Waals surface area (Å²) in [5.41, 5.74) is 0.595. The van der Waals surface area contributed by atoms with Gasteiger partial charge < -0.3 is 14.8 Å². The first kappa shape index (κ1) is 13.8. The smallest absolute Gasteiger partial charge is 0.327 e. The molecule has 4 nitrogen and oxygen atoms in total. The SMILES string of the molecule is CCOC(=O)C(NC)c1c(Cl)cccc1OC. The summed E-state index contributed by atoms with van der Waals surface area (Å²) >= 11 is 6.10. The van der Waals surface area contributed by atoms with Crippen LogP contribution in [-0.4, -0.2) is 26.7 Å². The van der Waals surface area contributed by atoms with Crippen LogP contribution in [0.5, 0.6) is 5.75 Å². The van der Waals surface area contributed by atoms with E-state index in [1.807, 2.05) is 0 Å². The Morgan fingerprint density at radius 1 is 1.53 bits per heavy atom. The Kier molecular flexibility index (Phi) is 5.25. The lowest BCUT2D eigenvalue weighted by Gasteiger charge is -2.18. The molecular weight excluding hydrogens is 242 g/mol. The van der Waals surface area contributed by atoms with Crippen molar-refractivity contribution in [1.82, 2.24) is 5.32 Å². The van der Waals surface area contributed by atoms with Gasteiger partial charge in [0, 0.05) is 10.6 Å². The molecule has 1 unspecified atom stereocenters. The first-order valence-corrected chi connectivity index (χ1v) is 5.69. The number of nitrogens with one attached hydrogen (secondary N) is 1. The first-order valence-electron chi connectivity index (χ1n) is 5.32. The van der Waals surface area contributed by atoms with E-state index in [9.17, 15) is 4.79 Å². The summed E-state index contributed by atoms with van der Waals surface area (Å²) < 4.78 is 10.2. The fourth-order valence-corrected chi connectivity index (χ4v) is 1.86. The highest BCUT2D eigenvalue weighted by Crippen LogP contribution is 2.32. The Bertz CT molecular complexity index is 395. The molecule has 1 N–H and O–H groups in total. The number of esters is 1.